The van der Waals surface area contributed by atoms with Gasteiger partial charge in [-0.1, -0.05) is 30.3 Å². The van der Waals surface area contributed by atoms with Crippen molar-refractivity contribution in [2.45, 2.75) is 18.6 Å². The average molecular weight is 378 g/mol. The topological polar surface area (TPSA) is 30.5 Å². The van der Waals surface area contributed by atoms with Crippen LogP contribution in [0, 0.1) is 5.82 Å². The molecule has 5 heteroatoms. The van der Waals surface area contributed by atoms with Gasteiger partial charge in [0.05, 0.1) is 11.7 Å². The van der Waals surface area contributed by atoms with E-state index in [0.717, 1.165) is 30.8 Å². The lowest BCUT2D eigenvalue weighted by Crippen LogP contribution is -2.48. The van der Waals surface area contributed by atoms with Crippen molar-refractivity contribution in [3.8, 4) is 0 Å². The lowest BCUT2D eigenvalue weighted by molar-refractivity contribution is 0.396. The summed E-state index contributed by atoms with van der Waals surface area (Å²) in [5, 5.41) is 7.22. The molecule has 0 aliphatic carbocycles. The Kier molecular flexibility index (Phi) is 5.35. The molecular formula is C23H27FN4. The molecule has 4 nitrogen and oxygen atoms in total. The van der Waals surface area contributed by atoms with Crippen molar-refractivity contribution in [3.63, 3.8) is 0 Å². The molecule has 2 aromatic rings. The number of dihydropyridines is 1. The van der Waals surface area contributed by atoms with Crippen LogP contribution < -0.4 is 15.5 Å². The van der Waals surface area contributed by atoms with Crippen molar-refractivity contribution < 1.29 is 4.39 Å². The summed E-state index contributed by atoms with van der Waals surface area (Å²) in [6.07, 6.45) is 7.27. The van der Waals surface area contributed by atoms with Crippen LogP contribution in [-0.4, -0.2) is 38.3 Å². The normalized spacial score (nSPS) is 20.6. The van der Waals surface area contributed by atoms with Gasteiger partial charge in [0.1, 0.15) is 12.0 Å². The molecule has 0 amide bonds. The molecule has 28 heavy (non-hydrogen) atoms. The highest BCUT2D eigenvalue weighted by Crippen LogP contribution is 2.37. The second-order valence-electron chi connectivity index (χ2n) is 7.59. The number of anilines is 1. The number of allylic oxidation sites excluding steroid dienone is 2. The van der Waals surface area contributed by atoms with Gasteiger partial charge in [0.2, 0.25) is 0 Å². The van der Waals surface area contributed by atoms with Crippen LogP contribution in [-0.2, 0) is 0 Å². The number of fused-ring (bicyclic) bond motifs is 2. The molecule has 4 rings (SSSR count). The highest BCUT2D eigenvalue weighted by Gasteiger charge is 2.32. The van der Waals surface area contributed by atoms with E-state index in [0.29, 0.717) is 0 Å². The maximum absolute atomic E-state index is 13.5. The fourth-order valence-electron chi connectivity index (χ4n) is 3.97. The molecule has 0 aromatic heterocycles. The number of nitrogens with one attached hydrogen (secondary N) is 2. The quantitative estimate of drug-likeness (QED) is 0.832. The minimum atomic E-state index is -0.213. The molecular weight excluding hydrogens is 351 g/mol. The smallest absolute Gasteiger partial charge is 0.140 e. The first kappa shape index (κ1) is 18.6. The highest BCUT2D eigenvalue weighted by molar-refractivity contribution is 5.61. The van der Waals surface area contributed by atoms with E-state index >= 15 is 0 Å². The number of para-hydroxylation sites is 1. The van der Waals surface area contributed by atoms with Gasteiger partial charge in [-0.25, -0.2) is 4.39 Å². The first-order chi connectivity index (χ1) is 13.6. The maximum Gasteiger partial charge on any atom is 0.140 e. The SMILES string of the molecule is CN(C)CCCN1c2ccccc2C(c2ccc(F)cc2)NC2=CC=CNC21. The Hall–Kier alpha value is -2.79. The number of halogens is 1. The van der Waals surface area contributed by atoms with E-state index in [4.69, 9.17) is 0 Å². The van der Waals surface area contributed by atoms with E-state index < -0.39 is 0 Å². The predicted octanol–water partition coefficient (Wildman–Crippen LogP) is 3.60. The Bertz CT molecular complexity index is 872. The van der Waals surface area contributed by atoms with Crippen LogP contribution >= 0.6 is 0 Å². The molecule has 0 saturated heterocycles. The van der Waals surface area contributed by atoms with Gasteiger partial charge >= 0.3 is 0 Å². The van der Waals surface area contributed by atoms with Crippen LogP contribution in [0.1, 0.15) is 23.6 Å². The molecule has 2 N–H and O–H groups in total. The summed E-state index contributed by atoms with van der Waals surface area (Å²) < 4.78 is 13.5. The largest absolute Gasteiger partial charge is 0.374 e. The van der Waals surface area contributed by atoms with Crippen molar-refractivity contribution in [1.29, 1.82) is 0 Å². The number of nitrogens with zero attached hydrogens (tertiary/aromatic N) is 2. The zero-order valence-corrected chi connectivity index (χ0v) is 16.4. The molecule has 2 atom stereocenters. The Morgan fingerprint density at radius 2 is 1.86 bits per heavy atom. The van der Waals surface area contributed by atoms with Crippen LogP contribution in [0.25, 0.3) is 0 Å². The average Bonchev–Trinajstić information content (AvgIpc) is 2.84. The number of hydrogen-bond acceptors (Lipinski definition) is 4. The van der Waals surface area contributed by atoms with Crippen LogP contribution in [0.2, 0.25) is 0 Å². The predicted molar refractivity (Wildman–Crippen MR) is 112 cm³/mol. The summed E-state index contributed by atoms with van der Waals surface area (Å²) in [6.45, 7) is 1.98. The molecule has 2 aromatic carbocycles. The van der Waals surface area contributed by atoms with Crippen LogP contribution in [0.15, 0.2) is 72.6 Å². The first-order valence-electron chi connectivity index (χ1n) is 9.78. The fraction of sp³-hybridized carbons (Fsp3) is 0.304. The molecule has 0 saturated carbocycles. The van der Waals surface area contributed by atoms with Crippen molar-refractivity contribution in [1.82, 2.24) is 15.5 Å². The van der Waals surface area contributed by atoms with E-state index in [-0.39, 0.29) is 18.0 Å². The van der Waals surface area contributed by atoms with E-state index in [1.54, 1.807) is 0 Å². The first-order valence-corrected chi connectivity index (χ1v) is 9.78. The van der Waals surface area contributed by atoms with Gasteiger partial charge in [-0.15, -0.1) is 0 Å². The molecule has 2 unspecified atom stereocenters. The van der Waals surface area contributed by atoms with E-state index in [1.165, 1.54) is 23.4 Å². The molecule has 0 bridgehead atoms. The van der Waals surface area contributed by atoms with Crippen LogP contribution in [0.4, 0.5) is 10.1 Å². The third kappa shape index (κ3) is 3.76. The van der Waals surface area contributed by atoms with Gasteiger partial charge in [-0.3, -0.25) is 0 Å². The van der Waals surface area contributed by atoms with Crippen LogP contribution in [0.3, 0.4) is 0 Å². The molecule has 2 heterocycles. The standard InChI is InChI=1S/C23H27FN4/c1-27(2)15-6-16-28-21-9-4-3-7-19(21)22(17-10-12-18(24)13-11-17)26-20-8-5-14-25-23(20)28/h3-5,7-14,22-23,25-26H,6,15-16H2,1-2H3. The van der Waals surface area contributed by atoms with Gasteiger partial charge in [0.25, 0.3) is 0 Å². The van der Waals surface area contributed by atoms with Gasteiger partial charge in [-0.2, -0.15) is 0 Å². The Morgan fingerprint density at radius 1 is 1.07 bits per heavy atom. The zero-order valence-electron chi connectivity index (χ0n) is 16.4. The van der Waals surface area contributed by atoms with E-state index in [2.05, 4.69) is 64.9 Å². The Balaban J connectivity index is 1.76. The second-order valence-corrected chi connectivity index (χ2v) is 7.59. The summed E-state index contributed by atoms with van der Waals surface area (Å²) in [6, 6.07) is 15.3. The lowest BCUT2D eigenvalue weighted by Gasteiger charge is -2.35. The minimum Gasteiger partial charge on any atom is -0.374 e. The molecule has 2 aliphatic rings. The van der Waals surface area contributed by atoms with E-state index in [9.17, 15) is 4.39 Å². The van der Waals surface area contributed by atoms with Crippen molar-refractivity contribution in [3.05, 3.63) is 89.5 Å². The van der Waals surface area contributed by atoms with E-state index in [1.807, 2.05) is 24.4 Å². The summed E-state index contributed by atoms with van der Waals surface area (Å²) in [7, 11) is 4.21. The number of benzene rings is 2. The molecule has 2 aliphatic heterocycles. The number of rotatable bonds is 5. The van der Waals surface area contributed by atoms with Gasteiger partial charge in [0.15, 0.2) is 0 Å². The Labute approximate surface area is 166 Å². The summed E-state index contributed by atoms with van der Waals surface area (Å²) in [5.41, 5.74) is 4.59. The summed E-state index contributed by atoms with van der Waals surface area (Å²) in [4.78, 5) is 4.65. The third-order valence-corrected chi connectivity index (χ3v) is 5.31. The van der Waals surface area contributed by atoms with Gasteiger partial charge < -0.3 is 20.4 Å². The summed E-state index contributed by atoms with van der Waals surface area (Å²) in [5.74, 6) is -0.213. The summed E-state index contributed by atoms with van der Waals surface area (Å²) >= 11 is 0. The maximum atomic E-state index is 13.5. The Morgan fingerprint density at radius 3 is 2.64 bits per heavy atom. The minimum absolute atomic E-state index is 0.0299. The monoisotopic (exact) mass is 378 g/mol. The molecule has 0 radical (unpaired) electrons. The van der Waals surface area contributed by atoms with Gasteiger partial charge in [-0.05, 0) is 69.2 Å². The lowest BCUT2D eigenvalue weighted by atomic mass is 9.97. The zero-order chi connectivity index (χ0) is 19.5. The highest BCUT2D eigenvalue weighted by atomic mass is 19.1. The second kappa shape index (κ2) is 8.07. The molecule has 0 fully saturated rings. The van der Waals surface area contributed by atoms with Crippen LogP contribution in [0.5, 0.6) is 0 Å². The van der Waals surface area contributed by atoms with Crippen molar-refractivity contribution in [2.75, 3.05) is 32.1 Å². The molecule has 0 spiro atoms. The number of hydrogen-bond donors (Lipinski definition) is 2. The van der Waals surface area contributed by atoms with Gasteiger partial charge in [0, 0.05) is 17.8 Å². The van der Waals surface area contributed by atoms with Crippen molar-refractivity contribution in [2.24, 2.45) is 0 Å². The third-order valence-electron chi connectivity index (χ3n) is 5.31. The van der Waals surface area contributed by atoms with Crippen molar-refractivity contribution >= 4 is 5.69 Å². The fourth-order valence-corrected chi connectivity index (χ4v) is 3.97. The molecule has 146 valence electrons.